The molecule has 0 bridgehead atoms. The van der Waals surface area contributed by atoms with Crippen molar-refractivity contribution in [2.45, 2.75) is 36.0 Å². The Hall–Kier alpha value is -1.49. The number of benzene rings is 1. The van der Waals surface area contributed by atoms with Gasteiger partial charge < -0.3 is 10.2 Å². The topological polar surface area (TPSA) is 49.4 Å². The summed E-state index contributed by atoms with van der Waals surface area (Å²) in [6.07, 6.45) is 1.06. The number of hydrogen-bond donors (Lipinski definition) is 1. The quantitative estimate of drug-likeness (QED) is 0.851. The van der Waals surface area contributed by atoms with Crippen LogP contribution in [-0.2, 0) is 9.59 Å². The van der Waals surface area contributed by atoms with Crippen molar-refractivity contribution in [2.75, 3.05) is 11.4 Å². The lowest BCUT2D eigenvalue weighted by molar-refractivity contribution is -0.124. The monoisotopic (exact) mass is 276 g/mol. The molecule has 2 aliphatic heterocycles. The van der Waals surface area contributed by atoms with Crippen LogP contribution in [0, 0.1) is 0 Å². The van der Waals surface area contributed by atoms with Crippen LogP contribution in [0.25, 0.3) is 0 Å². The predicted molar refractivity (Wildman–Crippen MR) is 75.3 cm³/mol. The number of carbonyl (C=O) groups is 2. The third-order valence-corrected chi connectivity index (χ3v) is 4.63. The molecule has 1 fully saturated rings. The number of para-hydroxylation sites is 1. The number of carbonyl (C=O) groups excluding carboxylic acids is 2. The Morgan fingerprint density at radius 1 is 1.42 bits per heavy atom. The molecule has 1 saturated heterocycles. The summed E-state index contributed by atoms with van der Waals surface area (Å²) in [5.74, 6) is -0.00322. The maximum atomic E-state index is 12.6. The van der Waals surface area contributed by atoms with Crippen LogP contribution >= 0.6 is 11.8 Å². The van der Waals surface area contributed by atoms with Gasteiger partial charge >= 0.3 is 0 Å². The first-order valence-electron chi connectivity index (χ1n) is 6.51. The lowest BCUT2D eigenvalue weighted by atomic mass is 10.1. The number of nitrogens with one attached hydrogen (secondary N) is 1. The molecule has 0 aromatic heterocycles. The maximum Gasteiger partial charge on any atom is 0.249 e. The summed E-state index contributed by atoms with van der Waals surface area (Å²) in [5.41, 5.74) is 0.969. The molecule has 2 amide bonds. The summed E-state index contributed by atoms with van der Waals surface area (Å²) >= 11 is 1.79. The molecule has 0 spiro atoms. The van der Waals surface area contributed by atoms with Gasteiger partial charge in [-0.05, 0) is 18.6 Å². The normalized spacial score (nSPS) is 25.9. The standard InChI is InChI=1S/C14H16N2O2S/c1-9-8-16(11-4-2-3-5-12(11)19-9)14(18)10-6-7-13(17)15-10/h2-5,9-10H,6-8H2,1H3,(H,15,17). The van der Waals surface area contributed by atoms with Crippen LogP contribution in [0.2, 0.25) is 0 Å². The van der Waals surface area contributed by atoms with Gasteiger partial charge in [0.05, 0.1) is 5.69 Å². The van der Waals surface area contributed by atoms with Gasteiger partial charge in [-0.3, -0.25) is 9.59 Å². The molecule has 100 valence electrons. The van der Waals surface area contributed by atoms with Crippen LogP contribution in [0.1, 0.15) is 19.8 Å². The van der Waals surface area contributed by atoms with E-state index in [9.17, 15) is 9.59 Å². The number of amides is 2. The van der Waals surface area contributed by atoms with Gasteiger partial charge in [-0.25, -0.2) is 0 Å². The van der Waals surface area contributed by atoms with Crippen molar-refractivity contribution in [3.8, 4) is 0 Å². The Kier molecular flexibility index (Phi) is 3.22. The summed E-state index contributed by atoms with van der Waals surface area (Å²) in [6.45, 7) is 2.82. The molecule has 3 rings (SSSR count). The van der Waals surface area contributed by atoms with Crippen LogP contribution in [0.5, 0.6) is 0 Å². The molecule has 5 heteroatoms. The minimum atomic E-state index is -0.351. The van der Waals surface area contributed by atoms with Crippen LogP contribution < -0.4 is 10.2 Å². The molecule has 19 heavy (non-hydrogen) atoms. The molecule has 0 aliphatic carbocycles. The Labute approximate surface area is 116 Å². The Morgan fingerprint density at radius 2 is 2.21 bits per heavy atom. The first kappa shape index (κ1) is 12.5. The van der Waals surface area contributed by atoms with E-state index >= 15 is 0 Å². The summed E-state index contributed by atoms with van der Waals surface area (Å²) in [7, 11) is 0. The molecule has 1 N–H and O–H groups in total. The van der Waals surface area contributed by atoms with Gasteiger partial charge in [0.15, 0.2) is 0 Å². The average Bonchev–Trinajstić information content (AvgIpc) is 2.83. The van der Waals surface area contributed by atoms with Gasteiger partial charge in [0.1, 0.15) is 6.04 Å². The number of hydrogen-bond acceptors (Lipinski definition) is 3. The van der Waals surface area contributed by atoms with E-state index in [2.05, 4.69) is 12.2 Å². The molecule has 1 aromatic rings. The summed E-state index contributed by atoms with van der Waals surface area (Å²) in [5, 5.41) is 3.13. The van der Waals surface area contributed by atoms with Gasteiger partial charge in [0.25, 0.3) is 0 Å². The molecule has 2 unspecified atom stereocenters. The second-order valence-corrected chi connectivity index (χ2v) is 6.48. The molecule has 2 heterocycles. The first-order chi connectivity index (χ1) is 9.15. The van der Waals surface area contributed by atoms with E-state index in [4.69, 9.17) is 0 Å². The van der Waals surface area contributed by atoms with Crippen LogP contribution in [0.3, 0.4) is 0 Å². The van der Waals surface area contributed by atoms with Gasteiger partial charge in [-0.1, -0.05) is 19.1 Å². The molecular formula is C14H16N2O2S. The fourth-order valence-electron chi connectivity index (χ4n) is 2.59. The van der Waals surface area contributed by atoms with E-state index in [0.717, 1.165) is 10.6 Å². The van der Waals surface area contributed by atoms with Crippen molar-refractivity contribution in [1.29, 1.82) is 0 Å². The van der Waals surface area contributed by atoms with Gasteiger partial charge in [-0.2, -0.15) is 0 Å². The van der Waals surface area contributed by atoms with Crippen molar-refractivity contribution in [2.24, 2.45) is 0 Å². The van der Waals surface area contributed by atoms with Gasteiger partial charge in [0.2, 0.25) is 11.8 Å². The second-order valence-electron chi connectivity index (χ2n) is 5.00. The summed E-state index contributed by atoms with van der Waals surface area (Å²) in [4.78, 5) is 26.8. The SMILES string of the molecule is CC1CN(C(=O)C2CCC(=O)N2)c2ccccc2S1. The van der Waals surface area contributed by atoms with Crippen LogP contribution in [0.4, 0.5) is 5.69 Å². The van der Waals surface area contributed by atoms with Crippen molar-refractivity contribution in [1.82, 2.24) is 5.32 Å². The van der Waals surface area contributed by atoms with Gasteiger partial charge in [0, 0.05) is 23.1 Å². The fraction of sp³-hybridized carbons (Fsp3) is 0.429. The predicted octanol–water partition coefficient (Wildman–Crippen LogP) is 1.79. The van der Waals surface area contributed by atoms with Crippen molar-refractivity contribution < 1.29 is 9.59 Å². The first-order valence-corrected chi connectivity index (χ1v) is 7.39. The van der Waals surface area contributed by atoms with E-state index < -0.39 is 0 Å². The molecular weight excluding hydrogens is 260 g/mol. The minimum Gasteiger partial charge on any atom is -0.344 e. The fourth-order valence-corrected chi connectivity index (χ4v) is 3.70. The molecule has 4 nitrogen and oxygen atoms in total. The lowest BCUT2D eigenvalue weighted by Gasteiger charge is -2.34. The van der Waals surface area contributed by atoms with Crippen molar-refractivity contribution in [3.05, 3.63) is 24.3 Å². The Bertz CT molecular complexity index is 532. The number of nitrogens with zero attached hydrogens (tertiary/aromatic N) is 1. The third-order valence-electron chi connectivity index (χ3n) is 3.48. The second kappa shape index (κ2) is 4.89. The van der Waals surface area contributed by atoms with Crippen molar-refractivity contribution in [3.63, 3.8) is 0 Å². The highest BCUT2D eigenvalue weighted by Crippen LogP contribution is 2.38. The van der Waals surface area contributed by atoms with Crippen LogP contribution in [0.15, 0.2) is 29.2 Å². The van der Waals surface area contributed by atoms with E-state index in [1.165, 1.54) is 0 Å². The zero-order chi connectivity index (χ0) is 13.4. The Balaban J connectivity index is 1.88. The highest BCUT2D eigenvalue weighted by molar-refractivity contribution is 8.00. The van der Waals surface area contributed by atoms with Crippen LogP contribution in [-0.4, -0.2) is 29.7 Å². The van der Waals surface area contributed by atoms with E-state index in [1.807, 2.05) is 29.2 Å². The van der Waals surface area contributed by atoms with Gasteiger partial charge in [-0.15, -0.1) is 11.8 Å². The summed E-state index contributed by atoms with van der Waals surface area (Å²) < 4.78 is 0. The molecule has 2 aliphatic rings. The minimum absolute atomic E-state index is 0.0189. The number of anilines is 1. The van der Waals surface area contributed by atoms with E-state index in [1.54, 1.807) is 11.8 Å². The number of thioether (sulfide) groups is 1. The highest BCUT2D eigenvalue weighted by atomic mass is 32.2. The molecule has 2 atom stereocenters. The number of fused-ring (bicyclic) bond motifs is 1. The van der Waals surface area contributed by atoms with E-state index in [0.29, 0.717) is 24.6 Å². The highest BCUT2D eigenvalue weighted by Gasteiger charge is 2.34. The third kappa shape index (κ3) is 2.34. The maximum absolute atomic E-state index is 12.6. The molecule has 0 saturated carbocycles. The molecule has 0 radical (unpaired) electrons. The Morgan fingerprint density at radius 3 is 2.95 bits per heavy atom. The largest absolute Gasteiger partial charge is 0.344 e. The smallest absolute Gasteiger partial charge is 0.249 e. The average molecular weight is 276 g/mol. The number of rotatable bonds is 1. The zero-order valence-electron chi connectivity index (χ0n) is 10.8. The van der Waals surface area contributed by atoms with Crippen molar-refractivity contribution >= 4 is 29.3 Å². The van der Waals surface area contributed by atoms with E-state index in [-0.39, 0.29) is 17.9 Å². The summed E-state index contributed by atoms with van der Waals surface area (Å²) in [6, 6.07) is 7.61. The molecule has 1 aromatic carbocycles. The lowest BCUT2D eigenvalue weighted by Crippen LogP contribution is -2.48. The zero-order valence-corrected chi connectivity index (χ0v) is 11.6.